The number of hydrogen-bond donors (Lipinski definition) is 4. The van der Waals surface area contributed by atoms with Crippen molar-refractivity contribution in [1.29, 1.82) is 5.41 Å². The fraction of sp³-hybridized carbons (Fsp3) is 0.261. The van der Waals surface area contributed by atoms with Gasteiger partial charge in [-0.05, 0) is 66.6 Å². The summed E-state index contributed by atoms with van der Waals surface area (Å²) in [5.41, 5.74) is 13.2. The lowest BCUT2D eigenvalue weighted by Gasteiger charge is -2.12. The Kier molecular flexibility index (Phi) is 7.11. The fourth-order valence-electron chi connectivity index (χ4n) is 3.18. The molecule has 7 heteroatoms. The number of carbonyl (C=O) groups excluding carboxylic acids is 1. The SMILES string of the molecule is N=C(CN)CCCC[C@H](N)C(=O)Oc1ccc(-c2cc3ccccc3c(=O)[nH]2)cc1. The standard InChI is InChI=1S/C23H26N4O3/c24-14-17(25)6-2-4-8-20(26)23(29)30-18-11-9-15(10-12-18)21-13-16-5-1-3-7-19(16)22(28)27-21/h1,3,5,7,9-13,20,25H,2,4,6,8,14,24,26H2,(H,27,28)/t20-/m0/s1. The van der Waals surface area contributed by atoms with E-state index in [0.717, 1.165) is 23.8 Å². The van der Waals surface area contributed by atoms with Crippen molar-refractivity contribution >= 4 is 22.5 Å². The smallest absolute Gasteiger partial charge is 0.328 e. The van der Waals surface area contributed by atoms with Gasteiger partial charge >= 0.3 is 5.97 Å². The number of nitrogens with one attached hydrogen (secondary N) is 2. The van der Waals surface area contributed by atoms with E-state index in [1.807, 2.05) is 24.3 Å². The van der Waals surface area contributed by atoms with Crippen molar-refractivity contribution in [3.05, 3.63) is 65.0 Å². The summed E-state index contributed by atoms with van der Waals surface area (Å²) in [6.45, 7) is 0.261. The molecule has 0 aliphatic rings. The number of unbranched alkanes of at least 4 members (excludes halogenated alkanes) is 1. The predicted octanol–water partition coefficient (Wildman–Crippen LogP) is 2.97. The summed E-state index contributed by atoms with van der Waals surface area (Å²) in [4.78, 5) is 27.3. The van der Waals surface area contributed by atoms with E-state index < -0.39 is 12.0 Å². The van der Waals surface area contributed by atoms with Gasteiger partial charge in [-0.25, -0.2) is 4.79 Å². The minimum absolute atomic E-state index is 0.147. The quantitative estimate of drug-likeness (QED) is 0.187. The number of H-pyrrole nitrogens is 1. The van der Waals surface area contributed by atoms with Gasteiger partial charge in [0, 0.05) is 23.3 Å². The zero-order valence-electron chi connectivity index (χ0n) is 16.7. The molecule has 2 aromatic carbocycles. The fourth-order valence-corrected chi connectivity index (χ4v) is 3.18. The third-order valence-electron chi connectivity index (χ3n) is 4.93. The second-order valence-electron chi connectivity index (χ2n) is 7.20. The van der Waals surface area contributed by atoms with Gasteiger partial charge in [0.1, 0.15) is 11.8 Å². The maximum absolute atomic E-state index is 12.3. The van der Waals surface area contributed by atoms with Crippen molar-refractivity contribution in [2.24, 2.45) is 11.5 Å². The van der Waals surface area contributed by atoms with Crippen LogP contribution in [0.1, 0.15) is 25.7 Å². The van der Waals surface area contributed by atoms with Gasteiger partial charge in [-0.3, -0.25) is 4.79 Å². The molecule has 0 saturated heterocycles. The van der Waals surface area contributed by atoms with E-state index in [1.165, 1.54) is 0 Å². The molecule has 0 unspecified atom stereocenters. The average molecular weight is 406 g/mol. The number of benzene rings is 2. The second kappa shape index (κ2) is 9.96. The lowest BCUT2D eigenvalue weighted by atomic mass is 10.1. The van der Waals surface area contributed by atoms with E-state index in [2.05, 4.69) is 4.98 Å². The van der Waals surface area contributed by atoms with Gasteiger partial charge in [0.2, 0.25) is 0 Å². The molecule has 1 atom stereocenters. The Morgan fingerprint density at radius 3 is 2.57 bits per heavy atom. The molecule has 7 nitrogen and oxygen atoms in total. The number of fused-ring (bicyclic) bond motifs is 1. The highest BCUT2D eigenvalue weighted by Crippen LogP contribution is 2.23. The normalized spacial score (nSPS) is 11.9. The monoisotopic (exact) mass is 406 g/mol. The first-order chi connectivity index (χ1) is 14.5. The molecule has 0 bridgehead atoms. The van der Waals surface area contributed by atoms with E-state index >= 15 is 0 Å². The van der Waals surface area contributed by atoms with Gasteiger partial charge in [0.05, 0.1) is 0 Å². The summed E-state index contributed by atoms with van der Waals surface area (Å²) in [6, 6.07) is 15.5. The lowest BCUT2D eigenvalue weighted by Crippen LogP contribution is -2.34. The molecular weight excluding hydrogens is 380 g/mol. The molecule has 3 aromatic rings. The molecule has 0 aliphatic carbocycles. The Balaban J connectivity index is 1.60. The van der Waals surface area contributed by atoms with Crippen LogP contribution in [-0.4, -0.2) is 29.3 Å². The minimum Gasteiger partial charge on any atom is -0.425 e. The Bertz CT molecular complexity index is 1090. The zero-order chi connectivity index (χ0) is 21.5. The van der Waals surface area contributed by atoms with Crippen LogP contribution in [0.25, 0.3) is 22.0 Å². The van der Waals surface area contributed by atoms with Crippen molar-refractivity contribution in [3.8, 4) is 17.0 Å². The first-order valence-corrected chi connectivity index (χ1v) is 9.94. The molecule has 0 amide bonds. The van der Waals surface area contributed by atoms with E-state index in [4.69, 9.17) is 21.6 Å². The van der Waals surface area contributed by atoms with Crippen molar-refractivity contribution in [2.45, 2.75) is 31.7 Å². The first-order valence-electron chi connectivity index (χ1n) is 9.94. The van der Waals surface area contributed by atoms with Crippen LogP contribution in [-0.2, 0) is 4.79 Å². The maximum Gasteiger partial charge on any atom is 0.328 e. The summed E-state index contributed by atoms with van der Waals surface area (Å²) in [5, 5.41) is 9.02. The van der Waals surface area contributed by atoms with Gasteiger partial charge in [0.15, 0.2) is 0 Å². The Morgan fingerprint density at radius 2 is 1.83 bits per heavy atom. The third-order valence-corrected chi connectivity index (χ3v) is 4.93. The number of pyridine rings is 1. The van der Waals surface area contributed by atoms with Crippen LogP contribution in [0.5, 0.6) is 5.75 Å². The van der Waals surface area contributed by atoms with Crippen molar-refractivity contribution in [1.82, 2.24) is 4.98 Å². The van der Waals surface area contributed by atoms with E-state index in [0.29, 0.717) is 35.4 Å². The van der Waals surface area contributed by atoms with Crippen LogP contribution in [0.4, 0.5) is 0 Å². The molecule has 0 aliphatic heterocycles. The molecule has 1 heterocycles. The number of rotatable bonds is 9. The number of ether oxygens (including phenoxy) is 1. The molecule has 3 rings (SSSR count). The number of carbonyl (C=O) groups is 1. The highest BCUT2D eigenvalue weighted by molar-refractivity contribution is 5.85. The number of nitrogens with two attached hydrogens (primary N) is 2. The predicted molar refractivity (Wildman–Crippen MR) is 119 cm³/mol. The number of esters is 1. The molecule has 1 aromatic heterocycles. The Hall–Kier alpha value is -3.29. The first kappa shape index (κ1) is 21.4. The van der Waals surface area contributed by atoms with Gasteiger partial charge in [-0.15, -0.1) is 0 Å². The third kappa shape index (κ3) is 5.40. The number of aromatic amines is 1. The van der Waals surface area contributed by atoms with Crippen LogP contribution >= 0.6 is 0 Å². The molecule has 156 valence electrons. The van der Waals surface area contributed by atoms with E-state index in [9.17, 15) is 9.59 Å². The lowest BCUT2D eigenvalue weighted by molar-refractivity contribution is -0.136. The summed E-state index contributed by atoms with van der Waals surface area (Å²) < 4.78 is 5.36. The highest BCUT2D eigenvalue weighted by Gasteiger charge is 2.16. The molecule has 0 fully saturated rings. The van der Waals surface area contributed by atoms with Crippen molar-refractivity contribution in [3.63, 3.8) is 0 Å². The molecule has 0 spiro atoms. The van der Waals surface area contributed by atoms with Gasteiger partial charge in [-0.1, -0.05) is 24.6 Å². The zero-order valence-corrected chi connectivity index (χ0v) is 16.7. The van der Waals surface area contributed by atoms with Gasteiger partial charge in [-0.2, -0.15) is 0 Å². The number of aromatic nitrogens is 1. The second-order valence-corrected chi connectivity index (χ2v) is 7.20. The summed E-state index contributed by atoms with van der Waals surface area (Å²) >= 11 is 0. The minimum atomic E-state index is -0.714. The summed E-state index contributed by atoms with van der Waals surface area (Å²) in [6.07, 6.45) is 2.62. The number of hydrogen-bond acceptors (Lipinski definition) is 6. The molecule has 0 radical (unpaired) electrons. The average Bonchev–Trinajstić information content (AvgIpc) is 2.76. The van der Waals surface area contributed by atoms with Crippen LogP contribution < -0.4 is 21.8 Å². The molecule has 30 heavy (non-hydrogen) atoms. The maximum atomic E-state index is 12.3. The Labute approximate surface area is 174 Å². The highest BCUT2D eigenvalue weighted by atomic mass is 16.5. The van der Waals surface area contributed by atoms with Crippen molar-refractivity contribution in [2.75, 3.05) is 6.54 Å². The van der Waals surface area contributed by atoms with Crippen LogP contribution in [0.3, 0.4) is 0 Å². The van der Waals surface area contributed by atoms with Crippen LogP contribution in [0, 0.1) is 5.41 Å². The van der Waals surface area contributed by atoms with Gasteiger partial charge in [0.25, 0.3) is 5.56 Å². The topological polar surface area (TPSA) is 135 Å². The molecule has 6 N–H and O–H groups in total. The van der Waals surface area contributed by atoms with E-state index in [-0.39, 0.29) is 12.1 Å². The largest absolute Gasteiger partial charge is 0.425 e. The van der Waals surface area contributed by atoms with Crippen molar-refractivity contribution < 1.29 is 9.53 Å². The Morgan fingerprint density at radius 1 is 1.10 bits per heavy atom. The van der Waals surface area contributed by atoms with Crippen LogP contribution in [0.2, 0.25) is 0 Å². The summed E-state index contributed by atoms with van der Waals surface area (Å²) in [7, 11) is 0. The van der Waals surface area contributed by atoms with E-state index in [1.54, 1.807) is 30.3 Å². The molecular formula is C23H26N4O3. The molecule has 0 saturated carbocycles. The summed E-state index contributed by atoms with van der Waals surface area (Å²) in [5.74, 6) is -0.0944. The van der Waals surface area contributed by atoms with Gasteiger partial charge < -0.3 is 26.6 Å². The van der Waals surface area contributed by atoms with Crippen LogP contribution in [0.15, 0.2) is 59.4 Å².